The molecule has 0 aliphatic carbocycles. The second kappa shape index (κ2) is 7.96. The van der Waals surface area contributed by atoms with E-state index in [-0.39, 0.29) is 6.61 Å². The van der Waals surface area contributed by atoms with Crippen molar-refractivity contribution in [2.75, 3.05) is 13.2 Å². The lowest BCUT2D eigenvalue weighted by Crippen LogP contribution is -1.98. The fourth-order valence-electron chi connectivity index (χ4n) is 1.65. The third-order valence-corrected chi connectivity index (χ3v) is 2.64. The summed E-state index contributed by atoms with van der Waals surface area (Å²) < 4.78 is 5.29. The van der Waals surface area contributed by atoms with Crippen molar-refractivity contribution in [2.24, 2.45) is 0 Å². The largest absolute Gasteiger partial charge is 0.494 e. The summed E-state index contributed by atoms with van der Waals surface area (Å²) in [7, 11) is 0. The van der Waals surface area contributed by atoms with Gasteiger partial charge in [0.1, 0.15) is 5.75 Å². The van der Waals surface area contributed by atoms with E-state index in [1.807, 2.05) is 54.6 Å². The topological polar surface area (TPSA) is 58.1 Å². The van der Waals surface area contributed by atoms with E-state index in [1.165, 1.54) is 0 Å². The summed E-state index contributed by atoms with van der Waals surface area (Å²) in [6.45, 7) is 0.771. The summed E-state index contributed by atoms with van der Waals surface area (Å²) in [6, 6.07) is 17.5. The number of nitrogens with one attached hydrogen (secondary N) is 1. The van der Waals surface area contributed by atoms with Crippen LogP contribution in [0.3, 0.4) is 0 Å². The minimum atomic E-state index is 0.187. The lowest BCUT2D eigenvalue weighted by Gasteiger charge is -2.02. The first-order chi connectivity index (χ1) is 9.90. The smallest absolute Gasteiger partial charge is 0.119 e. The number of ether oxygens (including phenoxy) is 1. The number of rotatable bonds is 4. The molecule has 2 aromatic carbocycles. The number of fused-ring (bicyclic) bond motifs is 1. The van der Waals surface area contributed by atoms with Gasteiger partial charge in [-0.25, -0.2) is 4.98 Å². The maximum absolute atomic E-state index is 8.46. The van der Waals surface area contributed by atoms with Crippen molar-refractivity contribution in [1.29, 1.82) is 0 Å². The van der Waals surface area contributed by atoms with Crippen LogP contribution in [0.25, 0.3) is 11.0 Å². The molecular weight excluding hydrogens is 252 g/mol. The van der Waals surface area contributed by atoms with Gasteiger partial charge in [0.15, 0.2) is 0 Å². The molecule has 0 atom stereocenters. The Morgan fingerprint density at radius 3 is 2.50 bits per heavy atom. The van der Waals surface area contributed by atoms with Crippen LogP contribution in [0.1, 0.15) is 6.42 Å². The van der Waals surface area contributed by atoms with Crippen molar-refractivity contribution in [3.8, 4) is 5.75 Å². The van der Waals surface area contributed by atoms with Crippen molar-refractivity contribution in [2.45, 2.75) is 6.42 Å². The normalized spacial score (nSPS) is 9.85. The standard InChI is InChI=1S/C9H12O2.C7H6N2/c10-7-4-8-11-9-5-2-1-3-6-9;1-2-4-7-6(3-1)8-5-9-7/h1-3,5-6,10H,4,7-8H2;1-5H,(H,8,9). The van der Waals surface area contributed by atoms with Gasteiger partial charge in [0, 0.05) is 13.0 Å². The average Bonchev–Trinajstić information content (AvgIpc) is 2.98. The van der Waals surface area contributed by atoms with E-state index in [0.29, 0.717) is 13.0 Å². The van der Waals surface area contributed by atoms with Gasteiger partial charge in [0.25, 0.3) is 0 Å². The first-order valence-corrected chi connectivity index (χ1v) is 6.57. The first kappa shape index (κ1) is 14.1. The maximum Gasteiger partial charge on any atom is 0.119 e. The molecule has 4 heteroatoms. The molecule has 0 radical (unpaired) electrons. The zero-order valence-electron chi connectivity index (χ0n) is 11.2. The Labute approximate surface area is 118 Å². The fourth-order valence-corrected chi connectivity index (χ4v) is 1.65. The number of aromatic nitrogens is 2. The number of aliphatic hydroxyl groups is 1. The predicted molar refractivity (Wildman–Crippen MR) is 79.7 cm³/mol. The Kier molecular flexibility index (Phi) is 5.61. The van der Waals surface area contributed by atoms with Crippen molar-refractivity contribution in [3.63, 3.8) is 0 Å². The summed E-state index contributed by atoms with van der Waals surface area (Å²) in [5, 5.41) is 8.46. The van der Waals surface area contributed by atoms with Crippen LogP contribution in [0.5, 0.6) is 5.75 Å². The monoisotopic (exact) mass is 270 g/mol. The molecule has 3 aromatic rings. The van der Waals surface area contributed by atoms with E-state index in [2.05, 4.69) is 9.97 Å². The van der Waals surface area contributed by atoms with Crippen molar-refractivity contribution in [1.82, 2.24) is 9.97 Å². The van der Waals surface area contributed by atoms with Gasteiger partial charge in [-0.2, -0.15) is 0 Å². The highest BCUT2D eigenvalue weighted by atomic mass is 16.5. The Hall–Kier alpha value is -2.33. The summed E-state index contributed by atoms with van der Waals surface area (Å²) in [4.78, 5) is 7.07. The Morgan fingerprint density at radius 1 is 1.00 bits per heavy atom. The minimum absolute atomic E-state index is 0.187. The highest BCUT2D eigenvalue weighted by Gasteiger charge is 1.89. The van der Waals surface area contributed by atoms with Gasteiger partial charge in [-0.1, -0.05) is 30.3 Å². The van der Waals surface area contributed by atoms with E-state index in [1.54, 1.807) is 6.33 Å². The van der Waals surface area contributed by atoms with E-state index < -0.39 is 0 Å². The van der Waals surface area contributed by atoms with E-state index >= 15 is 0 Å². The summed E-state index contributed by atoms with van der Waals surface area (Å²) >= 11 is 0. The average molecular weight is 270 g/mol. The molecule has 0 saturated carbocycles. The quantitative estimate of drug-likeness (QED) is 0.716. The Bertz CT molecular complexity index is 578. The number of imidazole rings is 1. The molecule has 3 rings (SSSR count). The van der Waals surface area contributed by atoms with Gasteiger partial charge < -0.3 is 14.8 Å². The van der Waals surface area contributed by atoms with E-state index in [0.717, 1.165) is 16.8 Å². The third-order valence-electron chi connectivity index (χ3n) is 2.64. The van der Waals surface area contributed by atoms with Crippen LogP contribution in [0.2, 0.25) is 0 Å². The zero-order valence-corrected chi connectivity index (χ0v) is 11.2. The number of benzene rings is 2. The number of nitrogens with zero attached hydrogens (tertiary/aromatic N) is 1. The van der Waals surface area contributed by atoms with E-state index in [9.17, 15) is 0 Å². The zero-order chi connectivity index (χ0) is 14.0. The van der Waals surface area contributed by atoms with Crippen molar-refractivity contribution < 1.29 is 9.84 Å². The molecule has 0 saturated heterocycles. The minimum Gasteiger partial charge on any atom is -0.494 e. The summed E-state index contributed by atoms with van der Waals surface area (Å²) in [5.41, 5.74) is 2.12. The lowest BCUT2D eigenvalue weighted by atomic mass is 10.3. The van der Waals surface area contributed by atoms with Crippen LogP contribution in [0.4, 0.5) is 0 Å². The third kappa shape index (κ3) is 4.40. The lowest BCUT2D eigenvalue weighted by molar-refractivity contribution is 0.233. The second-order valence-electron chi connectivity index (χ2n) is 4.16. The van der Waals surface area contributed by atoms with Crippen LogP contribution >= 0.6 is 0 Å². The summed E-state index contributed by atoms with van der Waals surface area (Å²) in [5.74, 6) is 0.862. The molecule has 0 unspecified atom stereocenters. The van der Waals surface area contributed by atoms with Gasteiger partial charge >= 0.3 is 0 Å². The highest BCUT2D eigenvalue weighted by Crippen LogP contribution is 2.08. The highest BCUT2D eigenvalue weighted by molar-refractivity contribution is 5.73. The van der Waals surface area contributed by atoms with Crippen molar-refractivity contribution in [3.05, 3.63) is 60.9 Å². The SMILES string of the molecule is OCCCOc1ccccc1.c1ccc2[nH]cnc2c1. The van der Waals surface area contributed by atoms with Gasteiger partial charge in [0.05, 0.1) is 24.0 Å². The first-order valence-electron chi connectivity index (χ1n) is 6.57. The van der Waals surface area contributed by atoms with Gasteiger partial charge in [-0.05, 0) is 24.3 Å². The number of para-hydroxylation sites is 3. The molecular formula is C16H18N2O2. The molecule has 0 spiro atoms. The number of H-pyrrole nitrogens is 1. The molecule has 1 heterocycles. The number of hydrogen-bond donors (Lipinski definition) is 2. The molecule has 0 amide bonds. The molecule has 20 heavy (non-hydrogen) atoms. The maximum atomic E-state index is 8.46. The predicted octanol–water partition coefficient (Wildman–Crippen LogP) is 3.01. The van der Waals surface area contributed by atoms with Gasteiger partial charge in [-0.15, -0.1) is 0 Å². The van der Waals surface area contributed by atoms with Crippen LogP contribution in [-0.4, -0.2) is 28.3 Å². The number of aromatic amines is 1. The molecule has 0 fully saturated rings. The summed E-state index contributed by atoms with van der Waals surface area (Å²) in [6.07, 6.45) is 2.39. The molecule has 104 valence electrons. The number of aliphatic hydroxyl groups excluding tert-OH is 1. The molecule has 0 aliphatic heterocycles. The second-order valence-corrected chi connectivity index (χ2v) is 4.16. The van der Waals surface area contributed by atoms with E-state index in [4.69, 9.17) is 9.84 Å². The Morgan fingerprint density at radius 2 is 1.75 bits per heavy atom. The Balaban J connectivity index is 0.000000149. The molecule has 1 aromatic heterocycles. The molecule has 2 N–H and O–H groups in total. The fraction of sp³-hybridized carbons (Fsp3) is 0.188. The van der Waals surface area contributed by atoms with Gasteiger partial charge in [0.2, 0.25) is 0 Å². The van der Waals surface area contributed by atoms with Crippen LogP contribution < -0.4 is 4.74 Å². The molecule has 0 bridgehead atoms. The molecule has 4 nitrogen and oxygen atoms in total. The van der Waals surface area contributed by atoms with Gasteiger partial charge in [-0.3, -0.25) is 0 Å². The van der Waals surface area contributed by atoms with Crippen LogP contribution in [0, 0.1) is 0 Å². The van der Waals surface area contributed by atoms with Crippen LogP contribution in [0.15, 0.2) is 60.9 Å². The van der Waals surface area contributed by atoms with Crippen LogP contribution in [-0.2, 0) is 0 Å². The number of hydrogen-bond acceptors (Lipinski definition) is 3. The van der Waals surface area contributed by atoms with Crippen molar-refractivity contribution >= 4 is 11.0 Å². The molecule has 0 aliphatic rings.